The number of hydrogen-bond donors (Lipinski definition) is 1. The van der Waals surface area contributed by atoms with E-state index in [2.05, 4.69) is 0 Å². The Morgan fingerprint density at radius 3 is 1.87 bits per heavy atom. The molecule has 0 aliphatic carbocycles. The Morgan fingerprint density at radius 2 is 1.40 bits per heavy atom. The zero-order valence-corrected chi connectivity index (χ0v) is 10.9. The molecule has 0 bridgehead atoms. The van der Waals surface area contributed by atoms with Crippen LogP contribution in [0.15, 0.2) is 0 Å². The van der Waals surface area contributed by atoms with E-state index in [1.165, 1.54) is 0 Å². The van der Waals surface area contributed by atoms with Gasteiger partial charge in [0.1, 0.15) is 0 Å². The lowest BCUT2D eigenvalue weighted by Gasteiger charge is -2.09. The number of carboxylic acids is 1. The Hall–Kier alpha value is 0.340. The summed E-state index contributed by atoms with van der Waals surface area (Å²) in [7, 11) is 0. The lowest BCUT2D eigenvalue weighted by molar-refractivity contribution is -0.137. The molecule has 0 saturated heterocycles. The van der Waals surface area contributed by atoms with E-state index in [1.807, 2.05) is 0 Å². The van der Waals surface area contributed by atoms with Crippen molar-refractivity contribution in [3.8, 4) is 0 Å². The fraction of sp³-hybridized carbons (Fsp3) is 0.900. The highest BCUT2D eigenvalue weighted by Crippen LogP contribution is 2.32. The van der Waals surface area contributed by atoms with E-state index in [0.717, 1.165) is 38.5 Å². The average Bonchev–Trinajstić information content (AvgIpc) is 2.07. The van der Waals surface area contributed by atoms with Crippen LogP contribution in [0.25, 0.3) is 0 Å². The second kappa shape index (κ2) is 8.49. The third kappa shape index (κ3) is 14.3. The van der Waals surface area contributed by atoms with Crippen LogP contribution in [0.1, 0.15) is 51.4 Å². The van der Waals surface area contributed by atoms with Crippen molar-refractivity contribution in [3.63, 3.8) is 0 Å². The van der Waals surface area contributed by atoms with Gasteiger partial charge in [-0.3, -0.25) is 4.79 Å². The second-order valence-electron chi connectivity index (χ2n) is 3.63. The summed E-state index contributed by atoms with van der Waals surface area (Å²) in [6, 6.07) is 0. The van der Waals surface area contributed by atoms with E-state index in [-0.39, 0.29) is 6.42 Å². The first kappa shape index (κ1) is 15.3. The molecule has 0 amide bonds. The molecular formula is C10H17Cl3O2. The van der Waals surface area contributed by atoms with Crippen LogP contribution in [0.4, 0.5) is 0 Å². The Morgan fingerprint density at radius 1 is 0.933 bits per heavy atom. The van der Waals surface area contributed by atoms with Gasteiger partial charge in [-0.2, -0.15) is 0 Å². The van der Waals surface area contributed by atoms with Crippen molar-refractivity contribution >= 4 is 40.8 Å². The first-order valence-electron chi connectivity index (χ1n) is 5.20. The normalized spacial score (nSPS) is 11.7. The Kier molecular flexibility index (Phi) is 8.68. The van der Waals surface area contributed by atoms with Gasteiger partial charge < -0.3 is 5.11 Å². The molecule has 0 heterocycles. The van der Waals surface area contributed by atoms with Gasteiger partial charge in [0.05, 0.1) is 0 Å². The number of alkyl halides is 3. The molecule has 0 radical (unpaired) electrons. The van der Waals surface area contributed by atoms with Crippen molar-refractivity contribution in [2.24, 2.45) is 0 Å². The summed E-state index contributed by atoms with van der Waals surface area (Å²) in [5.41, 5.74) is 0. The maximum Gasteiger partial charge on any atom is 0.303 e. The molecule has 0 atom stereocenters. The molecule has 0 saturated carbocycles. The topological polar surface area (TPSA) is 37.3 Å². The van der Waals surface area contributed by atoms with Crippen LogP contribution in [0.3, 0.4) is 0 Å². The van der Waals surface area contributed by atoms with E-state index in [4.69, 9.17) is 39.9 Å². The molecule has 15 heavy (non-hydrogen) atoms. The molecular weight excluding hydrogens is 258 g/mol. The predicted octanol–water partition coefficient (Wildman–Crippen LogP) is 4.56. The zero-order chi connectivity index (χ0) is 11.7. The van der Waals surface area contributed by atoms with E-state index < -0.39 is 9.76 Å². The minimum Gasteiger partial charge on any atom is -0.481 e. The summed E-state index contributed by atoms with van der Waals surface area (Å²) in [6.45, 7) is 0. The summed E-state index contributed by atoms with van der Waals surface area (Å²) in [4.78, 5) is 10.2. The van der Waals surface area contributed by atoms with Gasteiger partial charge in [-0.25, -0.2) is 0 Å². The maximum absolute atomic E-state index is 10.2. The van der Waals surface area contributed by atoms with Gasteiger partial charge in [-0.15, -0.1) is 0 Å². The maximum atomic E-state index is 10.2. The highest BCUT2D eigenvalue weighted by Gasteiger charge is 2.17. The van der Waals surface area contributed by atoms with E-state index >= 15 is 0 Å². The molecule has 0 spiro atoms. The van der Waals surface area contributed by atoms with Crippen molar-refractivity contribution in [2.45, 2.75) is 55.2 Å². The third-order valence-corrected chi connectivity index (χ3v) is 2.67. The number of carbonyl (C=O) groups is 1. The highest BCUT2D eigenvalue weighted by atomic mass is 35.6. The van der Waals surface area contributed by atoms with Crippen molar-refractivity contribution in [1.82, 2.24) is 0 Å². The molecule has 0 aromatic rings. The quantitative estimate of drug-likeness (QED) is 0.521. The smallest absolute Gasteiger partial charge is 0.303 e. The van der Waals surface area contributed by atoms with E-state index in [9.17, 15) is 4.79 Å². The zero-order valence-electron chi connectivity index (χ0n) is 8.65. The number of carboxylic acid groups (broad SMARTS) is 1. The number of rotatable bonds is 8. The second-order valence-corrected chi connectivity index (χ2v) is 6.15. The van der Waals surface area contributed by atoms with Crippen LogP contribution in [0.2, 0.25) is 0 Å². The molecule has 0 aliphatic heterocycles. The summed E-state index contributed by atoms with van der Waals surface area (Å²) in [5, 5.41) is 8.40. The first-order chi connectivity index (χ1) is 6.92. The SMILES string of the molecule is O=C(O)CCCCCCCCC(Cl)(Cl)Cl. The van der Waals surface area contributed by atoms with E-state index in [1.54, 1.807) is 0 Å². The fourth-order valence-corrected chi connectivity index (χ4v) is 1.71. The van der Waals surface area contributed by atoms with Gasteiger partial charge >= 0.3 is 5.97 Å². The molecule has 0 aliphatic rings. The van der Waals surface area contributed by atoms with Crippen LogP contribution in [-0.4, -0.2) is 14.9 Å². The summed E-state index contributed by atoms with van der Waals surface area (Å²) < 4.78 is -1.12. The molecule has 0 fully saturated rings. The molecule has 2 nitrogen and oxygen atoms in total. The first-order valence-corrected chi connectivity index (χ1v) is 6.34. The van der Waals surface area contributed by atoms with Gasteiger partial charge in [-0.05, 0) is 19.3 Å². The minimum absolute atomic E-state index is 0.272. The van der Waals surface area contributed by atoms with Gasteiger partial charge in [0.25, 0.3) is 0 Å². The fourth-order valence-electron chi connectivity index (χ4n) is 1.31. The van der Waals surface area contributed by atoms with Gasteiger partial charge in [0.2, 0.25) is 0 Å². The highest BCUT2D eigenvalue weighted by molar-refractivity contribution is 6.67. The molecule has 1 N–H and O–H groups in total. The number of unbranched alkanes of at least 4 members (excludes halogenated alkanes) is 5. The van der Waals surface area contributed by atoms with Crippen LogP contribution in [0.5, 0.6) is 0 Å². The van der Waals surface area contributed by atoms with Crippen molar-refractivity contribution in [2.75, 3.05) is 0 Å². The average molecular weight is 276 g/mol. The largest absolute Gasteiger partial charge is 0.481 e. The number of halogens is 3. The number of aliphatic carboxylic acids is 1. The molecule has 90 valence electrons. The Balaban J connectivity index is 3.09. The van der Waals surface area contributed by atoms with Gasteiger partial charge in [0.15, 0.2) is 3.79 Å². The molecule has 0 aromatic heterocycles. The van der Waals surface area contributed by atoms with Gasteiger partial charge in [-0.1, -0.05) is 60.5 Å². The Labute approximate surface area is 106 Å². The monoisotopic (exact) mass is 274 g/mol. The van der Waals surface area contributed by atoms with Crippen LogP contribution < -0.4 is 0 Å². The lowest BCUT2D eigenvalue weighted by Crippen LogP contribution is -2.00. The molecule has 0 aromatic carbocycles. The van der Waals surface area contributed by atoms with Crippen LogP contribution >= 0.6 is 34.8 Å². The number of hydrogen-bond acceptors (Lipinski definition) is 1. The van der Waals surface area contributed by atoms with Crippen molar-refractivity contribution in [3.05, 3.63) is 0 Å². The standard InChI is InChI=1S/C10H17Cl3O2/c11-10(12,13)8-6-4-2-1-3-5-7-9(14)15/h1-8H2,(H,14,15). The third-order valence-electron chi connectivity index (χ3n) is 2.10. The van der Waals surface area contributed by atoms with Crippen LogP contribution in [-0.2, 0) is 4.79 Å². The van der Waals surface area contributed by atoms with Crippen LogP contribution in [0, 0.1) is 0 Å². The summed E-state index contributed by atoms with van der Waals surface area (Å²) in [6.07, 6.45) is 6.70. The molecule has 5 heteroatoms. The van der Waals surface area contributed by atoms with Gasteiger partial charge in [0, 0.05) is 6.42 Å². The minimum atomic E-state index is -1.12. The summed E-state index contributed by atoms with van der Waals surface area (Å²) in [5.74, 6) is -0.716. The molecule has 0 unspecified atom stereocenters. The Bertz CT molecular complexity index is 178. The van der Waals surface area contributed by atoms with E-state index in [0.29, 0.717) is 6.42 Å². The molecule has 0 rings (SSSR count). The predicted molar refractivity (Wildman–Crippen MR) is 64.9 cm³/mol. The van der Waals surface area contributed by atoms with Crippen molar-refractivity contribution < 1.29 is 9.90 Å². The summed E-state index contributed by atoms with van der Waals surface area (Å²) >= 11 is 16.8. The van der Waals surface area contributed by atoms with Crippen molar-refractivity contribution in [1.29, 1.82) is 0 Å². The lowest BCUT2D eigenvalue weighted by atomic mass is 10.1.